The van der Waals surface area contributed by atoms with Gasteiger partial charge in [0, 0.05) is 7.85 Å². The van der Waals surface area contributed by atoms with E-state index in [-0.39, 0.29) is 1.43 Å². The van der Waals surface area contributed by atoms with Gasteiger partial charge >= 0.3 is 0 Å². The minimum absolute atomic E-state index is 0. The molecule has 1 heterocycles. The molecule has 2 nitrogen and oxygen atoms in total. The van der Waals surface area contributed by atoms with Crippen molar-refractivity contribution in [1.29, 1.82) is 0 Å². The van der Waals surface area contributed by atoms with E-state index in [0.29, 0.717) is 3.95 Å². The van der Waals surface area contributed by atoms with Crippen LogP contribution < -0.4 is 0 Å². The van der Waals surface area contributed by atoms with Gasteiger partial charge in [-0.05, 0) is 23.8 Å². The molecule has 0 spiro atoms. The number of nitrogens with one attached hydrogen (secondary N) is 1. The summed E-state index contributed by atoms with van der Waals surface area (Å²) in [6.45, 7) is 2.04. The second kappa shape index (κ2) is 2.37. The average molecular weight is 148 g/mol. The molecular weight excluding hydrogens is 140 g/mol. The predicted octanol–water partition coefficient (Wildman–Crippen LogP) is 2.01. The van der Waals surface area contributed by atoms with Gasteiger partial charge in [0.05, 0.1) is 0 Å². The zero-order valence-electron chi connectivity index (χ0n) is 4.47. The first-order valence-electron chi connectivity index (χ1n) is 2.37. The zero-order valence-corrected chi connectivity index (χ0v) is 6.10. The van der Waals surface area contributed by atoms with Gasteiger partial charge in [-0.25, -0.2) is 4.98 Å². The molecule has 1 N–H and O–H groups in total. The number of aromatic nitrogens is 2. The van der Waals surface area contributed by atoms with Crippen LogP contribution in [0.4, 0.5) is 0 Å². The predicted molar refractivity (Wildman–Crippen MR) is 38.8 cm³/mol. The molecule has 1 rings (SSSR count). The van der Waals surface area contributed by atoms with Crippen molar-refractivity contribution in [1.82, 2.24) is 9.36 Å². The number of rotatable bonds is 1. The summed E-state index contributed by atoms with van der Waals surface area (Å²) in [6.07, 6.45) is 0.938. The SMILES string of the molecule is CCc1nc(=S)s[nH]1.[HH]. The fraction of sp³-hybridized carbons (Fsp3) is 0.500. The van der Waals surface area contributed by atoms with Gasteiger partial charge in [0.25, 0.3) is 0 Å². The van der Waals surface area contributed by atoms with E-state index in [1.54, 1.807) is 0 Å². The Morgan fingerprint density at radius 2 is 2.75 bits per heavy atom. The van der Waals surface area contributed by atoms with Crippen molar-refractivity contribution in [2.24, 2.45) is 0 Å². The summed E-state index contributed by atoms with van der Waals surface area (Å²) in [5.41, 5.74) is 0. The molecule has 0 unspecified atom stereocenters. The first kappa shape index (κ1) is 5.91. The highest BCUT2D eigenvalue weighted by molar-refractivity contribution is 7.73. The van der Waals surface area contributed by atoms with Crippen LogP contribution in [0.25, 0.3) is 0 Å². The van der Waals surface area contributed by atoms with Gasteiger partial charge in [-0.2, -0.15) is 0 Å². The van der Waals surface area contributed by atoms with Crippen molar-refractivity contribution in [3.05, 3.63) is 9.78 Å². The molecule has 0 radical (unpaired) electrons. The van der Waals surface area contributed by atoms with Crippen LogP contribution in [0.5, 0.6) is 0 Å². The van der Waals surface area contributed by atoms with Crippen molar-refractivity contribution in [2.45, 2.75) is 13.3 Å². The minimum Gasteiger partial charge on any atom is -0.297 e. The van der Waals surface area contributed by atoms with Gasteiger partial charge in [0.1, 0.15) is 5.82 Å². The fourth-order valence-electron chi connectivity index (χ4n) is 0.410. The quantitative estimate of drug-likeness (QED) is 0.617. The van der Waals surface area contributed by atoms with Gasteiger partial charge in [-0.1, -0.05) is 6.92 Å². The lowest BCUT2D eigenvalue weighted by Gasteiger charge is -1.78. The second-order valence-electron chi connectivity index (χ2n) is 1.38. The molecule has 0 bridgehead atoms. The Labute approximate surface area is 58.2 Å². The van der Waals surface area contributed by atoms with Crippen molar-refractivity contribution in [2.75, 3.05) is 0 Å². The van der Waals surface area contributed by atoms with Crippen LogP contribution in [0.15, 0.2) is 0 Å². The van der Waals surface area contributed by atoms with Gasteiger partial charge in [0.2, 0.25) is 0 Å². The van der Waals surface area contributed by atoms with Gasteiger partial charge in [-0.15, -0.1) is 0 Å². The van der Waals surface area contributed by atoms with E-state index in [2.05, 4.69) is 9.36 Å². The van der Waals surface area contributed by atoms with Crippen molar-refractivity contribution < 1.29 is 1.43 Å². The first-order valence-corrected chi connectivity index (χ1v) is 3.59. The summed E-state index contributed by atoms with van der Waals surface area (Å²) < 4.78 is 3.68. The lowest BCUT2D eigenvalue weighted by atomic mass is 10.5. The Kier molecular flexibility index (Phi) is 1.75. The molecule has 0 aromatic carbocycles. The maximum Gasteiger partial charge on any atom is 0.198 e. The summed E-state index contributed by atoms with van der Waals surface area (Å²) in [4.78, 5) is 4.01. The van der Waals surface area contributed by atoms with Gasteiger partial charge < -0.3 is 0 Å². The van der Waals surface area contributed by atoms with Crippen LogP contribution in [0.1, 0.15) is 14.2 Å². The smallest absolute Gasteiger partial charge is 0.198 e. The number of H-pyrrole nitrogens is 1. The van der Waals surface area contributed by atoms with E-state index < -0.39 is 0 Å². The van der Waals surface area contributed by atoms with E-state index in [0.717, 1.165) is 12.2 Å². The molecular formula is C4H8N2S2. The van der Waals surface area contributed by atoms with Crippen LogP contribution in [0, 0.1) is 3.95 Å². The van der Waals surface area contributed by atoms with Crippen LogP contribution in [0.3, 0.4) is 0 Å². The molecule has 8 heavy (non-hydrogen) atoms. The van der Waals surface area contributed by atoms with Crippen molar-refractivity contribution in [3.63, 3.8) is 0 Å². The van der Waals surface area contributed by atoms with Gasteiger partial charge in [0.15, 0.2) is 3.95 Å². The highest BCUT2D eigenvalue weighted by Gasteiger charge is 1.88. The first-order chi connectivity index (χ1) is 3.83. The Hall–Kier alpha value is -0.220. The second-order valence-corrected chi connectivity index (χ2v) is 2.82. The maximum absolute atomic E-state index is 4.78. The molecule has 0 aliphatic heterocycles. The third-order valence-corrected chi connectivity index (χ3v) is 1.76. The Morgan fingerprint density at radius 1 is 2.00 bits per heavy atom. The molecule has 0 saturated carbocycles. The largest absolute Gasteiger partial charge is 0.297 e. The lowest BCUT2D eigenvalue weighted by molar-refractivity contribution is 0.996. The highest BCUT2D eigenvalue weighted by atomic mass is 32.2. The molecule has 0 aliphatic carbocycles. The Bertz CT molecular complexity index is 216. The van der Waals surface area contributed by atoms with Gasteiger partial charge in [-0.3, -0.25) is 4.37 Å². The van der Waals surface area contributed by atoms with Crippen LogP contribution in [0.2, 0.25) is 0 Å². The molecule has 46 valence electrons. The third kappa shape index (κ3) is 1.14. The lowest BCUT2D eigenvalue weighted by Crippen LogP contribution is -1.78. The maximum atomic E-state index is 4.78. The minimum atomic E-state index is 0. The molecule has 0 amide bonds. The summed E-state index contributed by atoms with van der Waals surface area (Å²) in [5.74, 6) is 0.986. The molecule has 1 aromatic rings. The van der Waals surface area contributed by atoms with E-state index >= 15 is 0 Å². The fourth-order valence-corrected chi connectivity index (χ4v) is 1.20. The summed E-state index contributed by atoms with van der Waals surface area (Å²) in [6, 6.07) is 0. The third-order valence-electron chi connectivity index (χ3n) is 0.817. The standard InChI is InChI=1S/C4H6N2S2.H2/c1-2-3-5-4(7)8-6-3;/h2H2,1H3,(H,5,6,7);1H. The summed E-state index contributed by atoms with van der Waals surface area (Å²) >= 11 is 6.18. The van der Waals surface area contributed by atoms with E-state index in [4.69, 9.17) is 12.2 Å². The zero-order chi connectivity index (χ0) is 5.98. The average Bonchev–Trinajstić information content (AvgIpc) is 2.14. The van der Waals surface area contributed by atoms with E-state index in [1.165, 1.54) is 11.5 Å². The summed E-state index contributed by atoms with van der Waals surface area (Å²) in [7, 11) is 0. The topological polar surface area (TPSA) is 28.7 Å². The Balaban J connectivity index is 0.000000640. The van der Waals surface area contributed by atoms with Crippen LogP contribution >= 0.6 is 23.8 Å². The van der Waals surface area contributed by atoms with E-state index in [9.17, 15) is 0 Å². The van der Waals surface area contributed by atoms with Crippen molar-refractivity contribution in [3.8, 4) is 0 Å². The van der Waals surface area contributed by atoms with Crippen LogP contribution in [-0.2, 0) is 6.42 Å². The number of aryl methyl sites for hydroxylation is 1. The normalized spacial score (nSPS) is 9.62. The Morgan fingerprint density at radius 3 is 3.00 bits per heavy atom. The molecule has 0 fully saturated rings. The number of nitrogens with zero attached hydrogens (tertiary/aromatic N) is 1. The number of aromatic amines is 1. The molecule has 0 aliphatic rings. The van der Waals surface area contributed by atoms with Crippen LogP contribution in [-0.4, -0.2) is 9.36 Å². The monoisotopic (exact) mass is 148 g/mol. The van der Waals surface area contributed by atoms with Crippen molar-refractivity contribution >= 4 is 23.8 Å². The number of hydrogen-bond donors (Lipinski definition) is 1. The number of hydrogen-bond acceptors (Lipinski definition) is 3. The molecule has 1 aromatic heterocycles. The highest BCUT2D eigenvalue weighted by Crippen LogP contribution is 1.96. The molecule has 0 saturated heterocycles. The van der Waals surface area contributed by atoms with E-state index in [1.807, 2.05) is 6.92 Å². The summed E-state index contributed by atoms with van der Waals surface area (Å²) in [5, 5.41) is 0. The molecule has 0 atom stereocenters. The molecule has 4 heteroatoms.